The molecule has 0 saturated carbocycles. The maximum Gasteiger partial charge on any atom is 0.293 e. The summed E-state index contributed by atoms with van der Waals surface area (Å²) in [6.45, 7) is 0.574. The van der Waals surface area contributed by atoms with Crippen LogP contribution < -0.4 is 0 Å². The predicted octanol–water partition coefficient (Wildman–Crippen LogP) is 1.39. The van der Waals surface area contributed by atoms with E-state index >= 15 is 0 Å². The molecule has 0 fully saturated rings. The van der Waals surface area contributed by atoms with Gasteiger partial charge in [-0.05, 0) is 22.0 Å². The van der Waals surface area contributed by atoms with Crippen LogP contribution in [0.1, 0.15) is 5.69 Å². The Morgan fingerprint density at radius 2 is 2.50 bits per heavy atom. The molecule has 6 heteroatoms. The molecule has 14 heavy (non-hydrogen) atoms. The summed E-state index contributed by atoms with van der Waals surface area (Å²) in [7, 11) is 0. The average molecular weight is 256 g/mol. The highest BCUT2D eigenvalue weighted by molar-refractivity contribution is 9.10. The number of carbonyl (C=O) groups excluding carboxylic acids is 1. The van der Waals surface area contributed by atoms with E-state index in [9.17, 15) is 4.79 Å². The number of carbonyl (C=O) groups is 1. The summed E-state index contributed by atoms with van der Waals surface area (Å²) >= 11 is 3.27. The number of H-pyrrole nitrogens is 1. The predicted molar refractivity (Wildman–Crippen MR) is 52.4 cm³/mol. The van der Waals surface area contributed by atoms with Crippen molar-refractivity contribution in [2.45, 2.75) is 6.61 Å². The van der Waals surface area contributed by atoms with Gasteiger partial charge in [-0.1, -0.05) is 0 Å². The highest BCUT2D eigenvalue weighted by atomic mass is 79.9. The number of nitrogens with one attached hydrogen (secondary N) is 1. The van der Waals surface area contributed by atoms with E-state index in [0.717, 1.165) is 15.5 Å². The van der Waals surface area contributed by atoms with Crippen LogP contribution in [0, 0.1) is 0 Å². The Bertz CT molecular complexity index is 469. The standard InChI is InChI=1S/C8H6BrN3O2/c9-8-6-2-10-5(3-14-4-13)1-7(6)11-12-8/h1-2,4H,3H2,(H,11,12). The van der Waals surface area contributed by atoms with Crippen LogP contribution in [-0.4, -0.2) is 21.7 Å². The van der Waals surface area contributed by atoms with Gasteiger partial charge in [0.2, 0.25) is 0 Å². The monoisotopic (exact) mass is 255 g/mol. The molecule has 0 aromatic carbocycles. The third-order valence-electron chi connectivity index (χ3n) is 1.76. The van der Waals surface area contributed by atoms with E-state index in [1.54, 1.807) is 12.3 Å². The first-order valence-electron chi connectivity index (χ1n) is 3.85. The molecular formula is C8H6BrN3O2. The number of hydrogen-bond acceptors (Lipinski definition) is 4. The quantitative estimate of drug-likeness (QED) is 0.842. The van der Waals surface area contributed by atoms with Crippen LogP contribution in [0.3, 0.4) is 0 Å². The fraction of sp³-hybridized carbons (Fsp3) is 0.125. The molecule has 0 aliphatic carbocycles. The molecular weight excluding hydrogens is 250 g/mol. The van der Waals surface area contributed by atoms with Crippen molar-refractivity contribution in [1.82, 2.24) is 15.2 Å². The van der Waals surface area contributed by atoms with Crippen molar-refractivity contribution < 1.29 is 9.53 Å². The number of pyridine rings is 1. The van der Waals surface area contributed by atoms with Gasteiger partial charge in [0, 0.05) is 6.20 Å². The smallest absolute Gasteiger partial charge is 0.293 e. The van der Waals surface area contributed by atoms with Crippen molar-refractivity contribution in [2.75, 3.05) is 0 Å². The zero-order valence-electron chi connectivity index (χ0n) is 7.03. The molecule has 0 atom stereocenters. The number of ether oxygens (including phenoxy) is 1. The lowest BCUT2D eigenvalue weighted by molar-refractivity contribution is -0.129. The minimum absolute atomic E-state index is 0.177. The van der Waals surface area contributed by atoms with E-state index in [0.29, 0.717) is 12.2 Å². The van der Waals surface area contributed by atoms with Gasteiger partial charge in [-0.3, -0.25) is 14.9 Å². The van der Waals surface area contributed by atoms with Gasteiger partial charge in [-0.2, -0.15) is 5.10 Å². The van der Waals surface area contributed by atoms with Gasteiger partial charge in [0.15, 0.2) is 0 Å². The Morgan fingerprint density at radius 3 is 3.29 bits per heavy atom. The molecule has 2 aromatic heterocycles. The topological polar surface area (TPSA) is 67.9 Å². The molecule has 2 heterocycles. The van der Waals surface area contributed by atoms with Crippen LogP contribution in [0.5, 0.6) is 0 Å². The second kappa shape index (κ2) is 3.75. The second-order valence-electron chi connectivity index (χ2n) is 2.64. The lowest BCUT2D eigenvalue weighted by atomic mass is 10.3. The third-order valence-corrected chi connectivity index (χ3v) is 2.36. The van der Waals surface area contributed by atoms with Gasteiger partial charge >= 0.3 is 0 Å². The van der Waals surface area contributed by atoms with Crippen LogP contribution in [0.15, 0.2) is 16.9 Å². The van der Waals surface area contributed by atoms with E-state index < -0.39 is 0 Å². The van der Waals surface area contributed by atoms with E-state index in [-0.39, 0.29) is 6.61 Å². The van der Waals surface area contributed by atoms with Crippen LogP contribution in [0.2, 0.25) is 0 Å². The Kier molecular flexibility index (Phi) is 2.45. The number of nitrogens with zero attached hydrogens (tertiary/aromatic N) is 2. The van der Waals surface area contributed by atoms with Crippen LogP contribution >= 0.6 is 15.9 Å². The zero-order chi connectivity index (χ0) is 9.97. The highest BCUT2D eigenvalue weighted by Crippen LogP contribution is 2.20. The molecule has 0 bridgehead atoms. The van der Waals surface area contributed by atoms with Crippen LogP contribution in [-0.2, 0) is 16.1 Å². The molecule has 0 amide bonds. The van der Waals surface area contributed by atoms with Crippen molar-refractivity contribution >= 4 is 33.3 Å². The minimum Gasteiger partial charge on any atom is -0.461 e. The number of hydrogen-bond donors (Lipinski definition) is 1. The molecule has 72 valence electrons. The highest BCUT2D eigenvalue weighted by Gasteiger charge is 2.04. The summed E-state index contributed by atoms with van der Waals surface area (Å²) in [6, 6.07) is 1.79. The fourth-order valence-corrected chi connectivity index (χ4v) is 1.53. The number of halogens is 1. The van der Waals surface area contributed by atoms with Crippen molar-refractivity contribution in [1.29, 1.82) is 0 Å². The summed E-state index contributed by atoms with van der Waals surface area (Å²) in [5.74, 6) is 0. The lowest BCUT2D eigenvalue weighted by Gasteiger charge is -1.97. The van der Waals surface area contributed by atoms with E-state index in [2.05, 4.69) is 35.8 Å². The van der Waals surface area contributed by atoms with Crippen LogP contribution in [0.4, 0.5) is 0 Å². The van der Waals surface area contributed by atoms with E-state index in [1.807, 2.05) is 0 Å². The molecule has 0 unspecified atom stereocenters. The molecule has 2 rings (SSSR count). The number of aromatic amines is 1. The van der Waals surface area contributed by atoms with Crippen molar-refractivity contribution in [3.05, 3.63) is 22.6 Å². The van der Waals surface area contributed by atoms with Gasteiger partial charge in [-0.15, -0.1) is 0 Å². The fourth-order valence-electron chi connectivity index (χ4n) is 1.12. The van der Waals surface area contributed by atoms with E-state index in [1.165, 1.54) is 0 Å². The van der Waals surface area contributed by atoms with Gasteiger partial charge in [0.05, 0.1) is 16.6 Å². The minimum atomic E-state index is 0.177. The van der Waals surface area contributed by atoms with Gasteiger partial charge < -0.3 is 4.74 Å². The van der Waals surface area contributed by atoms with Crippen molar-refractivity contribution in [3.63, 3.8) is 0 Å². The first-order chi connectivity index (χ1) is 6.81. The van der Waals surface area contributed by atoms with Crippen LogP contribution in [0.25, 0.3) is 10.9 Å². The van der Waals surface area contributed by atoms with Crippen molar-refractivity contribution in [3.8, 4) is 0 Å². The summed E-state index contributed by atoms with van der Waals surface area (Å²) in [6.07, 6.45) is 1.67. The maximum atomic E-state index is 9.97. The molecule has 0 aliphatic rings. The first kappa shape index (κ1) is 9.14. The molecule has 0 aliphatic heterocycles. The molecule has 2 aromatic rings. The molecule has 5 nitrogen and oxygen atoms in total. The summed E-state index contributed by atoms with van der Waals surface area (Å²) in [5, 5.41) is 7.68. The Labute approximate surface area is 87.6 Å². The lowest BCUT2D eigenvalue weighted by Crippen LogP contribution is -1.93. The van der Waals surface area contributed by atoms with Gasteiger partial charge in [-0.25, -0.2) is 0 Å². The Balaban J connectivity index is 2.36. The first-order valence-corrected chi connectivity index (χ1v) is 4.64. The summed E-state index contributed by atoms with van der Waals surface area (Å²) < 4.78 is 5.31. The van der Waals surface area contributed by atoms with Gasteiger partial charge in [0.25, 0.3) is 6.47 Å². The number of fused-ring (bicyclic) bond motifs is 1. The third kappa shape index (κ3) is 1.60. The average Bonchev–Trinajstić information content (AvgIpc) is 2.57. The molecule has 0 saturated heterocycles. The Morgan fingerprint density at radius 1 is 1.64 bits per heavy atom. The van der Waals surface area contributed by atoms with Crippen molar-refractivity contribution in [2.24, 2.45) is 0 Å². The summed E-state index contributed by atoms with van der Waals surface area (Å²) in [5.41, 5.74) is 1.54. The normalized spacial score (nSPS) is 10.4. The Hall–Kier alpha value is -1.43. The molecule has 0 spiro atoms. The number of rotatable bonds is 3. The largest absolute Gasteiger partial charge is 0.461 e. The maximum absolute atomic E-state index is 9.97. The molecule has 1 N–H and O–H groups in total. The second-order valence-corrected chi connectivity index (χ2v) is 3.39. The van der Waals surface area contributed by atoms with Gasteiger partial charge in [0.1, 0.15) is 11.2 Å². The molecule has 0 radical (unpaired) electrons. The SMILES string of the molecule is O=COCc1cc2[nH]nc(Br)c2cn1. The van der Waals surface area contributed by atoms with E-state index in [4.69, 9.17) is 0 Å². The summed E-state index contributed by atoms with van der Waals surface area (Å²) in [4.78, 5) is 14.1. The number of aromatic nitrogens is 3. The zero-order valence-corrected chi connectivity index (χ0v) is 8.61.